The van der Waals surface area contributed by atoms with E-state index in [0.29, 0.717) is 5.57 Å². The van der Waals surface area contributed by atoms with Crippen molar-refractivity contribution in [3.8, 4) is 0 Å². The van der Waals surface area contributed by atoms with Gasteiger partial charge in [0, 0.05) is 13.3 Å². The Morgan fingerprint density at radius 3 is 2.70 bits per heavy atom. The Labute approximate surface area is 59.7 Å². The number of carbonyl (C=O) groups is 2. The molecular formula is C7H10O3. The molecule has 3 nitrogen and oxygen atoms in total. The van der Waals surface area contributed by atoms with E-state index >= 15 is 0 Å². The number of hydrogen-bond acceptors (Lipinski definition) is 3. The van der Waals surface area contributed by atoms with Crippen LogP contribution in [0.1, 0.15) is 13.3 Å². The van der Waals surface area contributed by atoms with Crippen LogP contribution in [-0.4, -0.2) is 18.9 Å². The van der Waals surface area contributed by atoms with Crippen molar-refractivity contribution in [3.63, 3.8) is 0 Å². The van der Waals surface area contributed by atoms with Crippen molar-refractivity contribution in [2.24, 2.45) is 0 Å². The fourth-order valence-electron chi connectivity index (χ4n) is 0.380. The van der Waals surface area contributed by atoms with Crippen molar-refractivity contribution >= 4 is 12.3 Å². The maximum Gasteiger partial charge on any atom is 0.302 e. The molecule has 56 valence electrons. The average Bonchev–Trinajstić information content (AvgIpc) is 1.85. The van der Waals surface area contributed by atoms with Gasteiger partial charge in [0.25, 0.3) is 0 Å². The molecule has 0 saturated heterocycles. The molecule has 0 rings (SSSR count). The van der Waals surface area contributed by atoms with Crippen LogP contribution in [0.4, 0.5) is 0 Å². The van der Waals surface area contributed by atoms with E-state index in [1.165, 1.54) is 6.92 Å². The Morgan fingerprint density at radius 2 is 2.30 bits per heavy atom. The van der Waals surface area contributed by atoms with Crippen molar-refractivity contribution in [2.45, 2.75) is 13.3 Å². The SMILES string of the molecule is C=C(CC=O)COC(C)=O. The molecule has 0 saturated carbocycles. The predicted molar refractivity (Wildman–Crippen MR) is 36.5 cm³/mol. The summed E-state index contributed by atoms with van der Waals surface area (Å²) in [4.78, 5) is 20.1. The average molecular weight is 142 g/mol. The summed E-state index contributed by atoms with van der Waals surface area (Å²) in [5.74, 6) is -0.355. The van der Waals surface area contributed by atoms with Gasteiger partial charge in [-0.3, -0.25) is 4.79 Å². The molecule has 0 bridgehead atoms. The van der Waals surface area contributed by atoms with Crippen LogP contribution < -0.4 is 0 Å². The molecule has 0 N–H and O–H groups in total. The number of hydrogen-bond donors (Lipinski definition) is 0. The van der Waals surface area contributed by atoms with Gasteiger partial charge in [0.2, 0.25) is 0 Å². The number of ether oxygens (including phenoxy) is 1. The van der Waals surface area contributed by atoms with Gasteiger partial charge < -0.3 is 9.53 Å². The van der Waals surface area contributed by atoms with E-state index in [4.69, 9.17) is 0 Å². The van der Waals surface area contributed by atoms with Crippen molar-refractivity contribution in [1.29, 1.82) is 0 Å². The summed E-state index contributed by atoms with van der Waals surface area (Å²) in [5, 5.41) is 0. The Hall–Kier alpha value is -1.12. The van der Waals surface area contributed by atoms with Gasteiger partial charge in [0.1, 0.15) is 12.9 Å². The number of rotatable bonds is 4. The van der Waals surface area contributed by atoms with Gasteiger partial charge in [-0.25, -0.2) is 0 Å². The molecule has 0 spiro atoms. The fraction of sp³-hybridized carbons (Fsp3) is 0.429. The monoisotopic (exact) mass is 142 g/mol. The lowest BCUT2D eigenvalue weighted by Gasteiger charge is -2.00. The summed E-state index contributed by atoms with van der Waals surface area (Å²) in [7, 11) is 0. The first-order valence-electron chi connectivity index (χ1n) is 2.90. The Morgan fingerprint density at radius 1 is 1.70 bits per heavy atom. The first-order chi connectivity index (χ1) is 4.66. The van der Waals surface area contributed by atoms with E-state index in [1.54, 1.807) is 0 Å². The highest BCUT2D eigenvalue weighted by atomic mass is 16.5. The molecule has 0 aliphatic rings. The maximum atomic E-state index is 10.2. The molecular weight excluding hydrogens is 132 g/mol. The van der Waals surface area contributed by atoms with Crippen molar-refractivity contribution in [3.05, 3.63) is 12.2 Å². The normalized spacial score (nSPS) is 8.50. The van der Waals surface area contributed by atoms with Crippen LogP contribution in [0.2, 0.25) is 0 Å². The molecule has 0 aromatic heterocycles. The van der Waals surface area contributed by atoms with Gasteiger partial charge in [-0.05, 0) is 5.57 Å². The van der Waals surface area contributed by atoms with Crippen LogP contribution in [0, 0.1) is 0 Å². The van der Waals surface area contributed by atoms with Gasteiger partial charge in [0.05, 0.1) is 0 Å². The van der Waals surface area contributed by atoms with Crippen LogP contribution in [-0.2, 0) is 14.3 Å². The third kappa shape index (κ3) is 5.03. The van der Waals surface area contributed by atoms with Gasteiger partial charge in [-0.2, -0.15) is 0 Å². The van der Waals surface area contributed by atoms with Gasteiger partial charge in [-0.1, -0.05) is 6.58 Å². The van der Waals surface area contributed by atoms with Gasteiger partial charge >= 0.3 is 5.97 Å². The molecule has 0 aromatic rings. The largest absolute Gasteiger partial charge is 0.461 e. The van der Waals surface area contributed by atoms with Crippen molar-refractivity contribution in [1.82, 2.24) is 0 Å². The third-order valence-corrected chi connectivity index (χ3v) is 0.852. The second kappa shape index (κ2) is 4.73. The summed E-state index contributed by atoms with van der Waals surface area (Å²) in [5.41, 5.74) is 0.616. The van der Waals surface area contributed by atoms with Gasteiger partial charge in [0.15, 0.2) is 0 Å². The minimum atomic E-state index is -0.355. The second-order valence-corrected chi connectivity index (χ2v) is 1.90. The maximum absolute atomic E-state index is 10.2. The van der Waals surface area contributed by atoms with E-state index in [-0.39, 0.29) is 19.0 Å². The Bertz CT molecular complexity index is 149. The number of aldehydes is 1. The Kier molecular flexibility index (Phi) is 4.20. The summed E-state index contributed by atoms with van der Waals surface area (Å²) < 4.78 is 4.56. The topological polar surface area (TPSA) is 43.4 Å². The summed E-state index contributed by atoms with van der Waals surface area (Å²) in [6, 6.07) is 0. The van der Waals surface area contributed by atoms with E-state index < -0.39 is 0 Å². The van der Waals surface area contributed by atoms with Crippen LogP contribution >= 0.6 is 0 Å². The van der Waals surface area contributed by atoms with Gasteiger partial charge in [-0.15, -0.1) is 0 Å². The molecule has 0 aliphatic heterocycles. The van der Waals surface area contributed by atoms with E-state index in [1.807, 2.05) is 0 Å². The molecule has 0 aromatic carbocycles. The zero-order valence-corrected chi connectivity index (χ0v) is 5.92. The van der Waals surface area contributed by atoms with Crippen LogP contribution in [0.15, 0.2) is 12.2 Å². The summed E-state index contributed by atoms with van der Waals surface area (Å²) >= 11 is 0. The molecule has 0 aliphatic carbocycles. The highest BCUT2D eigenvalue weighted by molar-refractivity contribution is 5.66. The van der Waals surface area contributed by atoms with Crippen LogP contribution in [0.5, 0.6) is 0 Å². The standard InChI is InChI=1S/C7H10O3/c1-6(3-4-8)5-10-7(2)9/h4H,1,3,5H2,2H3. The first-order valence-corrected chi connectivity index (χ1v) is 2.90. The molecule has 0 radical (unpaired) electrons. The molecule has 0 fully saturated rings. The third-order valence-electron chi connectivity index (χ3n) is 0.852. The lowest BCUT2D eigenvalue weighted by molar-refractivity contribution is -0.140. The summed E-state index contributed by atoms with van der Waals surface area (Å²) in [6.45, 7) is 4.97. The molecule has 0 amide bonds. The zero-order valence-electron chi connectivity index (χ0n) is 5.92. The molecule has 0 heterocycles. The van der Waals surface area contributed by atoms with E-state index in [9.17, 15) is 9.59 Å². The zero-order chi connectivity index (χ0) is 7.98. The lowest BCUT2D eigenvalue weighted by atomic mass is 10.2. The number of carbonyl (C=O) groups excluding carboxylic acids is 2. The van der Waals surface area contributed by atoms with Crippen molar-refractivity contribution < 1.29 is 14.3 Å². The van der Waals surface area contributed by atoms with E-state index in [0.717, 1.165) is 6.29 Å². The molecule has 3 heteroatoms. The highest BCUT2D eigenvalue weighted by Crippen LogP contribution is 1.94. The summed E-state index contributed by atoms with van der Waals surface area (Å²) in [6.07, 6.45) is 0.985. The number of esters is 1. The minimum absolute atomic E-state index is 0.147. The minimum Gasteiger partial charge on any atom is -0.461 e. The Balaban J connectivity index is 3.39. The first kappa shape index (κ1) is 8.88. The van der Waals surface area contributed by atoms with Crippen molar-refractivity contribution in [2.75, 3.05) is 6.61 Å². The smallest absolute Gasteiger partial charge is 0.302 e. The second-order valence-electron chi connectivity index (χ2n) is 1.90. The molecule has 10 heavy (non-hydrogen) atoms. The highest BCUT2D eigenvalue weighted by Gasteiger charge is 1.95. The van der Waals surface area contributed by atoms with Crippen LogP contribution in [0.25, 0.3) is 0 Å². The predicted octanol–water partition coefficient (Wildman–Crippen LogP) is 0.695. The van der Waals surface area contributed by atoms with Crippen LogP contribution in [0.3, 0.4) is 0 Å². The molecule has 0 atom stereocenters. The lowest BCUT2D eigenvalue weighted by Crippen LogP contribution is -2.02. The fourth-order valence-corrected chi connectivity index (χ4v) is 0.380. The van der Waals surface area contributed by atoms with E-state index in [2.05, 4.69) is 11.3 Å². The quantitative estimate of drug-likeness (QED) is 0.329. The molecule has 0 unspecified atom stereocenters.